The van der Waals surface area contributed by atoms with E-state index in [0.717, 1.165) is 57.8 Å². The molecule has 1 aliphatic rings. The maximum Gasteiger partial charge on any atom is 0.269 e. The molecule has 0 spiro atoms. The Morgan fingerprint density at radius 2 is 1.69 bits per heavy atom. The first kappa shape index (κ1) is 23.9. The van der Waals surface area contributed by atoms with Gasteiger partial charge in [0, 0.05) is 28.6 Å². The topological polar surface area (TPSA) is 72.8 Å². The van der Waals surface area contributed by atoms with Crippen LogP contribution in [0.4, 0.5) is 11.4 Å². The van der Waals surface area contributed by atoms with Crippen molar-refractivity contribution < 1.29 is 4.92 Å². The first-order valence-electron chi connectivity index (χ1n) is 12.1. The van der Waals surface area contributed by atoms with Gasteiger partial charge in [-0.2, -0.15) is 5.10 Å². The lowest BCUT2D eigenvalue weighted by molar-refractivity contribution is -0.384. The molecule has 182 valence electrons. The van der Waals surface area contributed by atoms with E-state index < -0.39 is 0 Å². The Labute approximate surface area is 214 Å². The third-order valence-corrected chi connectivity index (χ3v) is 7.45. The molecule has 3 aromatic carbocycles. The number of non-ortho nitro benzene ring substituents is 1. The first-order chi connectivity index (χ1) is 17.3. The summed E-state index contributed by atoms with van der Waals surface area (Å²) >= 11 is 1.52. The molecule has 0 radical (unpaired) electrons. The summed E-state index contributed by atoms with van der Waals surface area (Å²) in [5, 5.41) is 18.4. The summed E-state index contributed by atoms with van der Waals surface area (Å²) in [5.74, 6) is 0. The number of thiazole rings is 1. The molecule has 7 heteroatoms. The molecule has 1 aliphatic carbocycles. The lowest BCUT2D eigenvalue weighted by Crippen LogP contribution is -2.19. The van der Waals surface area contributed by atoms with Gasteiger partial charge in [0.05, 0.1) is 22.0 Å². The fourth-order valence-electron chi connectivity index (χ4n) is 4.75. The van der Waals surface area contributed by atoms with Crippen molar-refractivity contribution in [3.63, 3.8) is 0 Å². The molecule has 0 atom stereocenters. The zero-order valence-electron chi connectivity index (χ0n) is 20.9. The number of nitrogens with zero attached hydrogens (tertiary/aromatic N) is 4. The van der Waals surface area contributed by atoms with Crippen LogP contribution in [0.3, 0.4) is 0 Å². The van der Waals surface area contributed by atoms with Crippen LogP contribution in [0.25, 0.3) is 11.3 Å². The highest BCUT2D eigenvalue weighted by molar-refractivity contribution is 7.07. The summed E-state index contributed by atoms with van der Waals surface area (Å²) in [6, 6.07) is 17.4. The molecule has 1 heterocycles. The molecular weight excluding hydrogens is 468 g/mol. The highest BCUT2D eigenvalue weighted by atomic mass is 32.1. The number of benzene rings is 3. The summed E-state index contributed by atoms with van der Waals surface area (Å²) in [7, 11) is 0. The number of rotatable bonds is 4. The van der Waals surface area contributed by atoms with Crippen LogP contribution in [0.2, 0.25) is 0 Å². The molecule has 1 aromatic heterocycles. The maximum absolute atomic E-state index is 11.2. The second-order valence-electron chi connectivity index (χ2n) is 9.43. The van der Waals surface area contributed by atoms with E-state index in [1.54, 1.807) is 12.1 Å². The highest BCUT2D eigenvalue weighted by Gasteiger charge is 2.19. The van der Waals surface area contributed by atoms with Gasteiger partial charge in [-0.3, -0.25) is 10.1 Å². The summed E-state index contributed by atoms with van der Waals surface area (Å²) in [5.41, 5.74) is 11.1. The minimum atomic E-state index is -0.378. The van der Waals surface area contributed by atoms with Gasteiger partial charge in [-0.15, -0.1) is 11.3 Å². The average Bonchev–Trinajstić information content (AvgIpc) is 3.24. The van der Waals surface area contributed by atoms with E-state index in [0.29, 0.717) is 0 Å². The SMILES string of the molecule is Cc1ccc(C)c(N=c2scc(-c3ccc([N+](=O)[O-])cc3)n2N=C2CCCc3c(C)cc(C)cc32)c1. The molecule has 5 rings (SSSR count). The van der Waals surface area contributed by atoms with E-state index in [4.69, 9.17) is 10.1 Å². The maximum atomic E-state index is 11.2. The normalized spacial score (nSPS) is 14.8. The van der Waals surface area contributed by atoms with Gasteiger partial charge in [-0.05, 0) is 93.5 Å². The van der Waals surface area contributed by atoms with Gasteiger partial charge in [0.25, 0.3) is 5.69 Å². The van der Waals surface area contributed by atoms with Crippen molar-refractivity contribution in [2.45, 2.75) is 47.0 Å². The molecule has 36 heavy (non-hydrogen) atoms. The first-order valence-corrected chi connectivity index (χ1v) is 12.9. The third kappa shape index (κ3) is 4.66. The Balaban J connectivity index is 1.73. The van der Waals surface area contributed by atoms with Crippen molar-refractivity contribution in [2.24, 2.45) is 10.1 Å². The van der Waals surface area contributed by atoms with Crippen molar-refractivity contribution in [1.29, 1.82) is 0 Å². The third-order valence-electron chi connectivity index (χ3n) is 6.63. The minimum Gasteiger partial charge on any atom is -0.258 e. The van der Waals surface area contributed by atoms with Gasteiger partial charge >= 0.3 is 0 Å². The second kappa shape index (κ2) is 9.66. The summed E-state index contributed by atoms with van der Waals surface area (Å²) in [6.07, 6.45) is 3.00. The lowest BCUT2D eigenvalue weighted by atomic mass is 9.86. The van der Waals surface area contributed by atoms with Crippen molar-refractivity contribution in [3.05, 3.63) is 108 Å². The molecule has 0 bridgehead atoms. The Kier molecular flexibility index (Phi) is 6.41. The van der Waals surface area contributed by atoms with Crippen molar-refractivity contribution in [3.8, 4) is 11.3 Å². The molecule has 0 saturated carbocycles. The van der Waals surface area contributed by atoms with Crippen LogP contribution in [-0.2, 0) is 6.42 Å². The van der Waals surface area contributed by atoms with Crippen LogP contribution >= 0.6 is 11.3 Å². The minimum absolute atomic E-state index is 0.0688. The van der Waals surface area contributed by atoms with E-state index in [9.17, 15) is 10.1 Å². The van der Waals surface area contributed by atoms with Crippen LogP contribution in [0.1, 0.15) is 46.2 Å². The molecule has 0 saturated heterocycles. The van der Waals surface area contributed by atoms with Gasteiger partial charge in [-0.1, -0.05) is 23.8 Å². The molecule has 0 amide bonds. The Bertz CT molecular complexity index is 1580. The Morgan fingerprint density at radius 3 is 2.44 bits per heavy atom. The van der Waals surface area contributed by atoms with Crippen molar-refractivity contribution in [1.82, 2.24) is 4.68 Å². The van der Waals surface area contributed by atoms with Gasteiger partial charge in [-0.25, -0.2) is 9.67 Å². The number of hydrogen-bond donors (Lipinski definition) is 0. The molecule has 4 aromatic rings. The number of nitro benzene ring substituents is 1. The largest absolute Gasteiger partial charge is 0.269 e. The average molecular weight is 497 g/mol. The quantitative estimate of drug-likeness (QED) is 0.222. The Hall–Kier alpha value is -3.84. The molecule has 0 fully saturated rings. The van der Waals surface area contributed by atoms with Gasteiger partial charge in [0.15, 0.2) is 0 Å². The second-order valence-corrected chi connectivity index (χ2v) is 10.3. The Morgan fingerprint density at radius 1 is 0.917 bits per heavy atom. The summed E-state index contributed by atoms with van der Waals surface area (Å²) in [4.78, 5) is 16.6. The molecule has 6 nitrogen and oxygen atoms in total. The van der Waals surface area contributed by atoms with Crippen LogP contribution < -0.4 is 4.80 Å². The van der Waals surface area contributed by atoms with E-state index in [2.05, 4.69) is 58.0 Å². The van der Waals surface area contributed by atoms with Crippen molar-refractivity contribution >= 4 is 28.4 Å². The zero-order valence-corrected chi connectivity index (χ0v) is 21.7. The standard InChI is InChI=1S/C29H28N4O2S/c1-18-8-9-20(3)27(16-18)30-29-32(28(17-36-29)22-10-12-23(13-11-22)33(34)35)31-26-7-5-6-24-21(4)14-19(2)15-25(24)26/h8-17H,5-7H2,1-4H3. The molecule has 0 aliphatic heterocycles. The van der Waals surface area contributed by atoms with Gasteiger partial charge in [0.1, 0.15) is 0 Å². The predicted octanol–water partition coefficient (Wildman–Crippen LogP) is 7.18. The number of hydrogen-bond acceptors (Lipinski definition) is 5. The predicted molar refractivity (Wildman–Crippen MR) is 146 cm³/mol. The number of aromatic nitrogens is 1. The van der Waals surface area contributed by atoms with Crippen LogP contribution in [0, 0.1) is 37.8 Å². The lowest BCUT2D eigenvalue weighted by Gasteiger charge is -2.21. The van der Waals surface area contributed by atoms with E-state index in [-0.39, 0.29) is 10.6 Å². The summed E-state index contributed by atoms with van der Waals surface area (Å²) in [6.45, 7) is 8.42. The smallest absolute Gasteiger partial charge is 0.258 e. The van der Waals surface area contributed by atoms with Crippen LogP contribution in [0.5, 0.6) is 0 Å². The molecule has 0 N–H and O–H groups in total. The molecule has 0 unspecified atom stereocenters. The highest BCUT2D eigenvalue weighted by Crippen LogP contribution is 2.29. The number of fused-ring (bicyclic) bond motifs is 1. The van der Waals surface area contributed by atoms with E-state index in [1.165, 1.54) is 45.7 Å². The van der Waals surface area contributed by atoms with Gasteiger partial charge < -0.3 is 0 Å². The fourth-order valence-corrected chi connectivity index (χ4v) is 5.59. The molecular formula is C29H28N4O2S. The van der Waals surface area contributed by atoms with Crippen LogP contribution in [-0.4, -0.2) is 15.3 Å². The number of nitro groups is 1. The monoisotopic (exact) mass is 496 g/mol. The van der Waals surface area contributed by atoms with E-state index >= 15 is 0 Å². The summed E-state index contributed by atoms with van der Waals surface area (Å²) < 4.78 is 1.91. The van der Waals surface area contributed by atoms with Crippen molar-refractivity contribution in [2.75, 3.05) is 0 Å². The fraction of sp³-hybridized carbons (Fsp3) is 0.241. The van der Waals surface area contributed by atoms with Gasteiger partial charge in [0.2, 0.25) is 4.80 Å². The number of aryl methyl sites for hydroxylation is 4. The van der Waals surface area contributed by atoms with E-state index in [1.807, 2.05) is 10.1 Å². The zero-order chi connectivity index (χ0) is 25.4. The van der Waals surface area contributed by atoms with Crippen LogP contribution in [0.15, 0.2) is 70.1 Å².